The molecule has 1 aliphatic rings. The number of rotatable bonds is 7. The number of carbonyl (C=O) groups is 4. The third kappa shape index (κ3) is 5.25. The summed E-state index contributed by atoms with van der Waals surface area (Å²) in [6.07, 6.45) is 5.29. The van der Waals surface area contributed by atoms with E-state index >= 15 is 0 Å². The van der Waals surface area contributed by atoms with E-state index in [1.165, 1.54) is 24.1 Å². The van der Waals surface area contributed by atoms with Crippen LogP contribution in [0, 0.1) is 0 Å². The molecule has 0 unspecified atom stereocenters. The summed E-state index contributed by atoms with van der Waals surface area (Å²) in [6.45, 7) is 0. The van der Waals surface area contributed by atoms with Crippen molar-refractivity contribution in [2.24, 2.45) is 0 Å². The van der Waals surface area contributed by atoms with Crippen LogP contribution in [0.2, 0.25) is 0 Å². The number of hydrogen-bond acceptors (Lipinski definition) is 5. The summed E-state index contributed by atoms with van der Waals surface area (Å²) in [5.41, 5.74) is 1.26. The maximum absolute atomic E-state index is 13.4. The number of methoxy groups -OCH3 is 1. The number of benzene rings is 2. The van der Waals surface area contributed by atoms with E-state index in [2.05, 4.69) is 5.32 Å². The van der Waals surface area contributed by atoms with Crippen LogP contribution in [0.25, 0.3) is 0 Å². The lowest BCUT2D eigenvalue weighted by molar-refractivity contribution is -0.151. The number of hydrogen-bond donors (Lipinski definition) is 1. The third-order valence-electron chi connectivity index (χ3n) is 5.15. The fourth-order valence-electron chi connectivity index (χ4n) is 3.55. The van der Waals surface area contributed by atoms with Crippen molar-refractivity contribution in [1.82, 2.24) is 10.2 Å². The Morgan fingerprint density at radius 2 is 1.84 bits per heavy atom. The number of aldehydes is 1. The van der Waals surface area contributed by atoms with Gasteiger partial charge in [-0.05, 0) is 24.5 Å². The highest BCUT2D eigenvalue weighted by Gasteiger charge is 2.35. The van der Waals surface area contributed by atoms with Gasteiger partial charge < -0.3 is 15.0 Å². The van der Waals surface area contributed by atoms with Gasteiger partial charge in [0.2, 0.25) is 5.91 Å². The second kappa shape index (κ2) is 10.3. The summed E-state index contributed by atoms with van der Waals surface area (Å²) in [4.78, 5) is 51.2. The van der Waals surface area contributed by atoms with E-state index in [9.17, 15) is 19.2 Å². The second-order valence-corrected chi connectivity index (χ2v) is 7.17. The minimum absolute atomic E-state index is 0.182. The smallest absolute Gasteiger partial charge is 0.328 e. The van der Waals surface area contributed by atoms with Gasteiger partial charge in [-0.3, -0.25) is 14.4 Å². The summed E-state index contributed by atoms with van der Waals surface area (Å²) in [5.74, 6) is -1.46. The molecule has 1 aliphatic heterocycles. The molecule has 160 valence electrons. The summed E-state index contributed by atoms with van der Waals surface area (Å²) < 4.78 is 4.86. The van der Waals surface area contributed by atoms with Gasteiger partial charge in [0, 0.05) is 23.7 Å². The molecule has 0 radical (unpaired) electrons. The molecule has 0 aliphatic carbocycles. The number of carbonyl (C=O) groups excluding carboxylic acids is 4. The number of esters is 1. The molecule has 2 amide bonds. The van der Waals surface area contributed by atoms with E-state index in [-0.39, 0.29) is 17.5 Å². The highest BCUT2D eigenvalue weighted by Crippen LogP contribution is 2.19. The SMILES string of the molecule is COC(=O)[C@@H]1CCC=CN1C(=O)[C@H](Cc1ccccc1)NC(=O)c1ccccc1C=O. The third-order valence-corrected chi connectivity index (χ3v) is 5.15. The summed E-state index contributed by atoms with van der Waals surface area (Å²) in [7, 11) is 1.28. The lowest BCUT2D eigenvalue weighted by atomic mass is 10.0. The molecule has 7 heteroatoms. The van der Waals surface area contributed by atoms with Gasteiger partial charge in [0.1, 0.15) is 12.1 Å². The van der Waals surface area contributed by atoms with Crippen LogP contribution in [-0.2, 0) is 20.7 Å². The number of nitrogens with zero attached hydrogens (tertiary/aromatic N) is 1. The molecule has 0 saturated heterocycles. The maximum Gasteiger partial charge on any atom is 0.328 e. The van der Waals surface area contributed by atoms with Gasteiger partial charge >= 0.3 is 5.97 Å². The van der Waals surface area contributed by atoms with Gasteiger partial charge in [0.25, 0.3) is 5.91 Å². The van der Waals surface area contributed by atoms with Gasteiger partial charge in [-0.25, -0.2) is 4.79 Å². The predicted molar refractivity (Wildman–Crippen MR) is 114 cm³/mol. The molecule has 0 saturated carbocycles. The first kappa shape index (κ1) is 22.0. The Balaban J connectivity index is 1.90. The average molecular weight is 420 g/mol. The highest BCUT2D eigenvalue weighted by molar-refractivity contribution is 6.03. The van der Waals surface area contributed by atoms with Crippen molar-refractivity contribution < 1.29 is 23.9 Å². The van der Waals surface area contributed by atoms with Crippen molar-refractivity contribution in [3.8, 4) is 0 Å². The Hall–Kier alpha value is -3.74. The molecule has 0 spiro atoms. The van der Waals surface area contributed by atoms with E-state index in [0.29, 0.717) is 19.1 Å². The molecule has 0 fully saturated rings. The van der Waals surface area contributed by atoms with E-state index in [1.807, 2.05) is 30.3 Å². The van der Waals surface area contributed by atoms with Crippen molar-refractivity contribution >= 4 is 24.1 Å². The van der Waals surface area contributed by atoms with Crippen LogP contribution in [0.4, 0.5) is 0 Å². The summed E-state index contributed by atoms with van der Waals surface area (Å²) >= 11 is 0. The van der Waals surface area contributed by atoms with Gasteiger partial charge in [-0.15, -0.1) is 0 Å². The first-order chi connectivity index (χ1) is 15.0. The minimum Gasteiger partial charge on any atom is -0.467 e. The fraction of sp³-hybridized carbons (Fsp3) is 0.250. The first-order valence-electron chi connectivity index (χ1n) is 10.0. The van der Waals surface area contributed by atoms with Crippen molar-refractivity contribution in [3.63, 3.8) is 0 Å². The van der Waals surface area contributed by atoms with Crippen molar-refractivity contribution in [1.29, 1.82) is 0 Å². The number of amides is 2. The lowest BCUT2D eigenvalue weighted by Crippen LogP contribution is -2.53. The molecule has 2 aromatic rings. The lowest BCUT2D eigenvalue weighted by Gasteiger charge is -2.32. The van der Waals surface area contributed by atoms with E-state index < -0.39 is 29.9 Å². The maximum atomic E-state index is 13.4. The summed E-state index contributed by atoms with van der Waals surface area (Å²) in [6, 6.07) is 14.0. The largest absolute Gasteiger partial charge is 0.467 e. The molecule has 2 aromatic carbocycles. The normalized spacial score (nSPS) is 16.3. The average Bonchev–Trinajstić information content (AvgIpc) is 2.83. The predicted octanol–water partition coefficient (Wildman–Crippen LogP) is 2.52. The molecule has 31 heavy (non-hydrogen) atoms. The van der Waals surface area contributed by atoms with Gasteiger partial charge in [-0.1, -0.05) is 54.6 Å². The van der Waals surface area contributed by atoms with Crippen molar-refractivity contribution in [2.75, 3.05) is 7.11 Å². The number of nitrogens with one attached hydrogen (secondary N) is 1. The molecule has 1 heterocycles. The quantitative estimate of drug-likeness (QED) is 0.549. The van der Waals surface area contributed by atoms with Crippen LogP contribution in [0.15, 0.2) is 66.9 Å². The molecule has 2 atom stereocenters. The minimum atomic E-state index is -0.940. The zero-order valence-corrected chi connectivity index (χ0v) is 17.2. The zero-order valence-electron chi connectivity index (χ0n) is 17.2. The molecule has 1 N–H and O–H groups in total. The Labute approximate surface area is 180 Å². The van der Waals surface area contributed by atoms with Crippen molar-refractivity contribution in [2.45, 2.75) is 31.3 Å². The van der Waals surface area contributed by atoms with Crippen molar-refractivity contribution in [3.05, 3.63) is 83.6 Å². The van der Waals surface area contributed by atoms with Crippen LogP contribution >= 0.6 is 0 Å². The molecular formula is C24H24N2O5. The van der Waals surface area contributed by atoms with Gasteiger partial charge in [0.05, 0.1) is 7.11 Å². The Kier molecular flexibility index (Phi) is 7.32. The van der Waals surface area contributed by atoms with Crippen LogP contribution in [0.1, 0.15) is 39.1 Å². The zero-order chi connectivity index (χ0) is 22.2. The number of ether oxygens (including phenoxy) is 1. The van der Waals surface area contributed by atoms with E-state index in [1.54, 1.807) is 24.4 Å². The van der Waals surface area contributed by atoms with Gasteiger partial charge in [-0.2, -0.15) is 0 Å². The number of allylic oxidation sites excluding steroid dienone is 1. The summed E-state index contributed by atoms with van der Waals surface area (Å²) in [5, 5.41) is 2.76. The van der Waals surface area contributed by atoms with Crippen LogP contribution in [-0.4, -0.2) is 48.2 Å². The van der Waals surface area contributed by atoms with Crippen LogP contribution < -0.4 is 5.32 Å². The van der Waals surface area contributed by atoms with Crippen LogP contribution in [0.3, 0.4) is 0 Å². The molecule has 7 nitrogen and oxygen atoms in total. The topological polar surface area (TPSA) is 92.8 Å². The molecule has 0 bridgehead atoms. The highest BCUT2D eigenvalue weighted by atomic mass is 16.5. The van der Waals surface area contributed by atoms with E-state index in [4.69, 9.17) is 4.74 Å². The fourth-order valence-corrected chi connectivity index (χ4v) is 3.55. The molecule has 3 rings (SSSR count). The Bertz CT molecular complexity index is 986. The Morgan fingerprint density at radius 3 is 2.55 bits per heavy atom. The van der Waals surface area contributed by atoms with Crippen LogP contribution in [0.5, 0.6) is 0 Å². The van der Waals surface area contributed by atoms with Gasteiger partial charge in [0.15, 0.2) is 6.29 Å². The monoisotopic (exact) mass is 420 g/mol. The second-order valence-electron chi connectivity index (χ2n) is 7.17. The molecular weight excluding hydrogens is 396 g/mol. The Morgan fingerprint density at radius 1 is 1.13 bits per heavy atom. The first-order valence-corrected chi connectivity index (χ1v) is 10.0. The standard InChI is InChI=1S/C24H24N2O5/c1-31-24(30)21-13-7-8-14-26(21)23(29)20(15-17-9-3-2-4-10-17)25-22(28)19-12-6-5-11-18(19)16-27/h2-6,8-12,14,16,20-21H,7,13,15H2,1H3,(H,25,28)/t20-,21-/m0/s1. The van der Waals surface area contributed by atoms with E-state index in [0.717, 1.165) is 5.56 Å². The molecule has 0 aromatic heterocycles.